The van der Waals surface area contributed by atoms with Crippen LogP contribution in [0.4, 0.5) is 9.18 Å². The first-order valence-electron chi connectivity index (χ1n) is 11.7. The Morgan fingerprint density at radius 3 is 2.82 bits per heavy atom. The highest BCUT2D eigenvalue weighted by Crippen LogP contribution is 2.36. The molecule has 0 radical (unpaired) electrons. The quantitative estimate of drug-likeness (QED) is 0.684. The predicted octanol–water partition coefficient (Wildman–Crippen LogP) is 4.05. The van der Waals surface area contributed by atoms with Crippen molar-refractivity contribution < 1.29 is 28.2 Å². The fraction of sp³-hybridized carbons (Fsp3) is 0.600. The van der Waals surface area contributed by atoms with Crippen molar-refractivity contribution in [2.45, 2.75) is 76.7 Å². The number of alkyl carbamates (subject to hydrolysis) is 1. The van der Waals surface area contributed by atoms with Gasteiger partial charge in [-0.05, 0) is 70.6 Å². The maximum absolute atomic E-state index is 14.7. The minimum Gasteiger partial charge on any atom is -0.483 e. The average Bonchev–Trinajstić information content (AvgIpc) is 2.76. The Morgan fingerprint density at radius 2 is 2.09 bits per heavy atom. The third kappa shape index (κ3) is 5.66. The Kier molecular flexibility index (Phi) is 6.93. The molecule has 1 N–H and O–H groups in total. The van der Waals surface area contributed by atoms with Gasteiger partial charge in [-0.2, -0.15) is 0 Å². The number of hydrogen-bond acceptors (Lipinski definition) is 5. The van der Waals surface area contributed by atoms with E-state index in [9.17, 15) is 14.0 Å². The number of fused-ring (bicyclic) bond motifs is 5. The van der Waals surface area contributed by atoms with Gasteiger partial charge in [-0.15, -0.1) is 0 Å². The molecule has 2 amide bonds. The number of benzene rings is 1. The van der Waals surface area contributed by atoms with Crippen LogP contribution in [0.15, 0.2) is 24.3 Å². The molecule has 3 unspecified atom stereocenters. The van der Waals surface area contributed by atoms with Crippen LogP contribution in [-0.4, -0.2) is 60.4 Å². The highest BCUT2D eigenvalue weighted by molar-refractivity contribution is 5.79. The minimum absolute atomic E-state index is 0.0216. The van der Waals surface area contributed by atoms with Crippen molar-refractivity contribution in [1.29, 1.82) is 0 Å². The van der Waals surface area contributed by atoms with E-state index in [2.05, 4.69) is 5.32 Å². The maximum atomic E-state index is 14.7. The molecule has 0 spiro atoms. The molecule has 3 aliphatic heterocycles. The monoisotopic (exact) mass is 460 g/mol. The molecule has 0 saturated carbocycles. The molecule has 1 fully saturated rings. The van der Waals surface area contributed by atoms with Crippen molar-refractivity contribution in [3.63, 3.8) is 0 Å². The Balaban J connectivity index is 1.58. The topological polar surface area (TPSA) is 77.1 Å². The highest BCUT2D eigenvalue weighted by Gasteiger charge is 2.37. The van der Waals surface area contributed by atoms with Gasteiger partial charge in [0, 0.05) is 6.54 Å². The molecule has 2 bridgehead atoms. The average molecular weight is 461 g/mol. The molecule has 3 heterocycles. The van der Waals surface area contributed by atoms with Crippen LogP contribution < -0.4 is 10.1 Å². The molecule has 180 valence electrons. The first-order valence-corrected chi connectivity index (χ1v) is 11.7. The lowest BCUT2D eigenvalue weighted by molar-refractivity contribution is -0.140. The van der Waals surface area contributed by atoms with Crippen molar-refractivity contribution in [2.75, 3.05) is 19.8 Å². The maximum Gasteiger partial charge on any atom is 0.407 e. The summed E-state index contributed by atoms with van der Waals surface area (Å²) in [5.41, 5.74) is 0.706. The van der Waals surface area contributed by atoms with Crippen LogP contribution in [0.2, 0.25) is 0 Å². The summed E-state index contributed by atoms with van der Waals surface area (Å²) in [6.07, 6.45) is 5.03. The number of amides is 2. The molecule has 5 rings (SSSR count). The van der Waals surface area contributed by atoms with E-state index in [-0.39, 0.29) is 36.5 Å². The second-order valence-electron chi connectivity index (χ2n) is 9.91. The molecular weight excluding hydrogens is 427 g/mol. The number of rotatable bonds is 1. The molecule has 1 aromatic carbocycles. The number of carbonyl (C=O) groups is 2. The Morgan fingerprint density at radius 1 is 1.27 bits per heavy atom. The van der Waals surface area contributed by atoms with Gasteiger partial charge >= 0.3 is 6.09 Å². The zero-order chi connectivity index (χ0) is 23.6. The molecule has 0 aromatic heterocycles. The number of piperidine rings is 1. The van der Waals surface area contributed by atoms with Gasteiger partial charge in [0.1, 0.15) is 17.2 Å². The smallest absolute Gasteiger partial charge is 0.407 e. The van der Waals surface area contributed by atoms with Gasteiger partial charge < -0.3 is 24.4 Å². The van der Waals surface area contributed by atoms with E-state index < -0.39 is 11.7 Å². The summed E-state index contributed by atoms with van der Waals surface area (Å²) in [5, 5.41) is 2.95. The lowest BCUT2D eigenvalue weighted by Crippen LogP contribution is -2.60. The first kappa shape index (κ1) is 23.5. The van der Waals surface area contributed by atoms with Gasteiger partial charge in [-0.25, -0.2) is 9.18 Å². The number of ether oxygens (including phenoxy) is 3. The summed E-state index contributed by atoms with van der Waals surface area (Å²) >= 11 is 0. The number of allylic oxidation sites excluding steroid dienone is 1. The minimum atomic E-state index is -0.613. The number of nitrogens with zero attached hydrogens (tertiary/aromatic N) is 1. The zero-order valence-electron chi connectivity index (χ0n) is 19.6. The van der Waals surface area contributed by atoms with Crippen LogP contribution in [0, 0.1) is 5.82 Å². The largest absolute Gasteiger partial charge is 0.483 e. The molecule has 1 aromatic rings. The fourth-order valence-corrected chi connectivity index (χ4v) is 4.78. The van der Waals surface area contributed by atoms with Gasteiger partial charge in [0.05, 0.1) is 30.4 Å². The van der Waals surface area contributed by atoms with Crippen LogP contribution in [0.1, 0.15) is 58.4 Å². The Labute approximate surface area is 194 Å². The molecular formula is C25H33FN2O5. The second kappa shape index (κ2) is 9.71. The number of halogens is 1. The normalized spacial score (nSPS) is 25.9. The van der Waals surface area contributed by atoms with Crippen molar-refractivity contribution >= 4 is 17.6 Å². The second-order valence-corrected chi connectivity index (χ2v) is 9.91. The van der Waals surface area contributed by atoms with Gasteiger partial charge in [-0.3, -0.25) is 4.79 Å². The zero-order valence-corrected chi connectivity index (χ0v) is 19.6. The number of nitrogens with one attached hydrogen (secondary N) is 1. The van der Waals surface area contributed by atoms with E-state index in [1.807, 2.05) is 26.8 Å². The van der Waals surface area contributed by atoms with Gasteiger partial charge in [0.15, 0.2) is 6.61 Å². The number of carbonyl (C=O) groups excluding carboxylic acids is 2. The highest BCUT2D eigenvalue weighted by atomic mass is 19.1. The van der Waals surface area contributed by atoms with Crippen LogP contribution in [0.3, 0.4) is 0 Å². The van der Waals surface area contributed by atoms with Gasteiger partial charge in [0.2, 0.25) is 0 Å². The van der Waals surface area contributed by atoms with Crippen molar-refractivity contribution in [1.82, 2.24) is 10.2 Å². The number of hydrogen-bond donors (Lipinski definition) is 1. The molecule has 4 aliphatic rings. The summed E-state index contributed by atoms with van der Waals surface area (Å²) in [6, 6.07) is 4.09. The standard InChI is InChI=1S/C25H33FN2O5/c1-25(2,3)33-24(30)27-19-7-5-13-28-20(19)14-31-17-11-9-16(10-12-17)23-18(26)6-4-8-21(23)32-15-22(28)29/h4,6,8-9,17,19-20H,5,7,10-15H2,1-3H3,(H,27,30). The van der Waals surface area contributed by atoms with E-state index in [1.165, 1.54) is 6.07 Å². The van der Waals surface area contributed by atoms with Gasteiger partial charge in [0.25, 0.3) is 5.91 Å². The van der Waals surface area contributed by atoms with E-state index in [0.29, 0.717) is 37.3 Å². The molecule has 7 nitrogen and oxygen atoms in total. The summed E-state index contributed by atoms with van der Waals surface area (Å²) in [4.78, 5) is 27.4. The van der Waals surface area contributed by atoms with Crippen LogP contribution in [0.5, 0.6) is 5.75 Å². The molecule has 1 saturated heterocycles. The van der Waals surface area contributed by atoms with E-state index in [1.54, 1.807) is 17.0 Å². The van der Waals surface area contributed by atoms with Crippen LogP contribution in [-0.2, 0) is 14.3 Å². The molecule has 8 heteroatoms. The van der Waals surface area contributed by atoms with E-state index in [0.717, 1.165) is 24.8 Å². The third-order valence-corrected chi connectivity index (χ3v) is 6.31. The van der Waals surface area contributed by atoms with Crippen molar-refractivity contribution in [3.8, 4) is 5.75 Å². The van der Waals surface area contributed by atoms with E-state index >= 15 is 0 Å². The summed E-state index contributed by atoms with van der Waals surface area (Å²) in [7, 11) is 0. The SMILES string of the molecule is CC(C)(C)OC(=O)NC1CCCN2C(=O)COc3cccc(F)c3C3=CCC(CC3)OCC12. The lowest BCUT2D eigenvalue weighted by Gasteiger charge is -2.42. The lowest BCUT2D eigenvalue weighted by atomic mass is 9.91. The predicted molar refractivity (Wildman–Crippen MR) is 121 cm³/mol. The third-order valence-electron chi connectivity index (χ3n) is 6.31. The van der Waals surface area contributed by atoms with Crippen LogP contribution >= 0.6 is 0 Å². The van der Waals surface area contributed by atoms with Crippen LogP contribution in [0.25, 0.3) is 5.57 Å². The Hall–Kier alpha value is -2.61. The Bertz CT molecular complexity index is 926. The summed E-state index contributed by atoms with van der Waals surface area (Å²) in [6.45, 7) is 6.09. The summed E-state index contributed by atoms with van der Waals surface area (Å²) in [5.74, 6) is -0.182. The molecule has 33 heavy (non-hydrogen) atoms. The van der Waals surface area contributed by atoms with E-state index in [4.69, 9.17) is 14.2 Å². The van der Waals surface area contributed by atoms with Gasteiger partial charge in [-0.1, -0.05) is 12.1 Å². The van der Waals surface area contributed by atoms with Crippen molar-refractivity contribution in [3.05, 3.63) is 35.7 Å². The first-order chi connectivity index (χ1) is 15.7. The molecule has 1 aliphatic carbocycles. The molecule has 3 atom stereocenters. The summed E-state index contributed by atoms with van der Waals surface area (Å²) < 4.78 is 32.2. The fourth-order valence-electron chi connectivity index (χ4n) is 4.78. The van der Waals surface area contributed by atoms with Crippen molar-refractivity contribution in [2.24, 2.45) is 0 Å².